The molecule has 1 saturated heterocycles. The van der Waals surface area contributed by atoms with Crippen molar-refractivity contribution in [1.82, 2.24) is 15.6 Å². The first-order valence-corrected chi connectivity index (χ1v) is 11.1. The lowest BCUT2D eigenvalue weighted by Crippen LogP contribution is -2.49. The van der Waals surface area contributed by atoms with E-state index in [4.69, 9.17) is 4.99 Å². The summed E-state index contributed by atoms with van der Waals surface area (Å²) in [5.74, 6) is 1.78. The van der Waals surface area contributed by atoms with Gasteiger partial charge in [0.25, 0.3) is 0 Å². The Hall–Kier alpha value is -1.90. The van der Waals surface area contributed by atoms with Crippen molar-refractivity contribution in [2.24, 2.45) is 4.99 Å². The molecule has 1 aromatic carbocycles. The average Bonchev–Trinajstić information content (AvgIpc) is 3.55. The minimum Gasteiger partial charge on any atom is -0.357 e. The molecule has 2 aromatic rings. The van der Waals surface area contributed by atoms with Crippen molar-refractivity contribution in [3.05, 3.63) is 59.5 Å². The van der Waals surface area contributed by atoms with Crippen LogP contribution in [0.5, 0.6) is 0 Å². The molecule has 1 aliphatic heterocycles. The highest BCUT2D eigenvalue weighted by molar-refractivity contribution is 14.0. The predicted octanol–water partition coefficient (Wildman–Crippen LogP) is 4.40. The van der Waals surface area contributed by atoms with E-state index in [-0.39, 0.29) is 35.2 Å². The van der Waals surface area contributed by atoms with Crippen LogP contribution in [0.25, 0.3) is 0 Å². The fourth-order valence-corrected chi connectivity index (χ4v) is 4.20. The van der Waals surface area contributed by atoms with Gasteiger partial charge in [-0.1, -0.05) is 24.3 Å². The molecule has 2 heterocycles. The highest BCUT2D eigenvalue weighted by Gasteiger charge is 2.45. The summed E-state index contributed by atoms with van der Waals surface area (Å²) in [5, 5.41) is 6.97. The number of nitrogens with zero attached hydrogens (tertiary/aromatic N) is 3. The highest BCUT2D eigenvalue weighted by atomic mass is 127. The Morgan fingerprint density at radius 1 is 1.19 bits per heavy atom. The number of piperidine rings is 1. The lowest BCUT2D eigenvalue weighted by atomic mass is 9.95. The van der Waals surface area contributed by atoms with Crippen molar-refractivity contribution >= 4 is 35.8 Å². The molecule has 0 spiro atoms. The largest absolute Gasteiger partial charge is 0.357 e. The minimum atomic E-state index is -0.131. The number of anilines is 1. The predicted molar refractivity (Wildman–Crippen MR) is 136 cm³/mol. The molecule has 0 atom stereocenters. The van der Waals surface area contributed by atoms with Crippen molar-refractivity contribution < 1.29 is 4.39 Å². The first-order chi connectivity index (χ1) is 14.6. The van der Waals surface area contributed by atoms with Gasteiger partial charge in [0.2, 0.25) is 0 Å². The standard InChI is InChI=1S/C24H32FN5.HI/c1-3-26-23(28-17-24(12-13-24)20-6-4-5-7-21(20)25)29-19-10-14-30(15-11-19)22-9-8-18(2)16-27-22;/h4-9,16,19H,3,10-15,17H2,1-2H3,(H2,26,28,29);1H. The molecule has 2 aliphatic rings. The van der Waals surface area contributed by atoms with Gasteiger partial charge in [0, 0.05) is 37.3 Å². The van der Waals surface area contributed by atoms with Gasteiger partial charge in [0.05, 0.1) is 6.54 Å². The van der Waals surface area contributed by atoms with E-state index in [1.54, 1.807) is 12.1 Å². The van der Waals surface area contributed by atoms with Crippen LogP contribution in [0.4, 0.5) is 10.2 Å². The molecular weight excluding hydrogens is 504 g/mol. The zero-order valence-corrected chi connectivity index (χ0v) is 20.7. The van der Waals surface area contributed by atoms with Crippen LogP contribution < -0.4 is 15.5 Å². The summed E-state index contributed by atoms with van der Waals surface area (Å²) in [4.78, 5) is 11.7. The summed E-state index contributed by atoms with van der Waals surface area (Å²) < 4.78 is 14.3. The molecular formula is C24H33FIN5. The Morgan fingerprint density at radius 3 is 2.55 bits per heavy atom. The van der Waals surface area contributed by atoms with E-state index < -0.39 is 0 Å². The normalized spacial score (nSPS) is 18.3. The molecule has 0 radical (unpaired) electrons. The maximum atomic E-state index is 14.3. The Balaban J connectivity index is 0.00000272. The van der Waals surface area contributed by atoms with Gasteiger partial charge in [-0.05, 0) is 62.8 Å². The lowest BCUT2D eigenvalue weighted by Gasteiger charge is -2.34. The summed E-state index contributed by atoms with van der Waals surface area (Å²) in [6, 6.07) is 11.7. The minimum absolute atomic E-state index is 0. The monoisotopic (exact) mass is 537 g/mol. The number of nitrogens with one attached hydrogen (secondary N) is 2. The van der Waals surface area contributed by atoms with E-state index in [1.807, 2.05) is 18.3 Å². The number of benzene rings is 1. The van der Waals surface area contributed by atoms with Gasteiger partial charge in [-0.2, -0.15) is 0 Å². The number of rotatable bonds is 6. The van der Waals surface area contributed by atoms with Crippen molar-refractivity contribution in [3.8, 4) is 0 Å². The van der Waals surface area contributed by atoms with Gasteiger partial charge in [0.15, 0.2) is 5.96 Å². The van der Waals surface area contributed by atoms with E-state index in [0.29, 0.717) is 12.6 Å². The quantitative estimate of drug-likeness (QED) is 0.326. The number of aromatic nitrogens is 1. The lowest BCUT2D eigenvalue weighted by molar-refractivity contribution is 0.459. The molecule has 5 nitrogen and oxygen atoms in total. The van der Waals surface area contributed by atoms with E-state index in [2.05, 4.69) is 46.5 Å². The number of hydrogen-bond acceptors (Lipinski definition) is 3. The molecule has 7 heteroatoms. The van der Waals surface area contributed by atoms with Crippen molar-refractivity contribution in [2.45, 2.75) is 51.0 Å². The number of aryl methyl sites for hydroxylation is 1. The molecule has 1 saturated carbocycles. The van der Waals surface area contributed by atoms with Gasteiger partial charge < -0.3 is 15.5 Å². The van der Waals surface area contributed by atoms with E-state index in [0.717, 1.165) is 62.7 Å². The Bertz CT molecular complexity index is 874. The number of hydrogen-bond donors (Lipinski definition) is 2. The third-order valence-corrected chi connectivity index (χ3v) is 6.24. The van der Waals surface area contributed by atoms with Crippen molar-refractivity contribution in [3.63, 3.8) is 0 Å². The highest BCUT2D eigenvalue weighted by Crippen LogP contribution is 2.49. The second-order valence-corrected chi connectivity index (χ2v) is 8.55. The van der Waals surface area contributed by atoms with Crippen LogP contribution in [0, 0.1) is 12.7 Å². The van der Waals surface area contributed by atoms with Gasteiger partial charge in [-0.25, -0.2) is 9.37 Å². The molecule has 2 N–H and O–H groups in total. The summed E-state index contributed by atoms with van der Waals surface area (Å²) in [6.07, 6.45) is 6.01. The van der Waals surface area contributed by atoms with Crippen LogP contribution in [-0.4, -0.2) is 43.2 Å². The maximum Gasteiger partial charge on any atom is 0.191 e. The number of guanidine groups is 1. The van der Waals surface area contributed by atoms with Crippen molar-refractivity contribution in [2.75, 3.05) is 31.1 Å². The molecule has 168 valence electrons. The van der Waals surface area contributed by atoms with E-state index in [1.165, 1.54) is 5.56 Å². The fourth-order valence-electron chi connectivity index (χ4n) is 4.20. The van der Waals surface area contributed by atoms with Crippen LogP contribution in [0.2, 0.25) is 0 Å². The van der Waals surface area contributed by atoms with Gasteiger partial charge >= 0.3 is 0 Å². The second kappa shape index (κ2) is 10.6. The van der Waals surface area contributed by atoms with Crippen LogP contribution in [0.15, 0.2) is 47.6 Å². The molecule has 4 rings (SSSR count). The fraction of sp³-hybridized carbons (Fsp3) is 0.500. The SMILES string of the molecule is CCNC(=NCC1(c2ccccc2F)CC1)NC1CCN(c2ccc(C)cn2)CC1.I. The molecule has 0 bridgehead atoms. The zero-order valence-electron chi connectivity index (χ0n) is 18.4. The molecule has 0 unspecified atom stereocenters. The first-order valence-electron chi connectivity index (χ1n) is 11.1. The van der Waals surface area contributed by atoms with Crippen LogP contribution >= 0.6 is 24.0 Å². The summed E-state index contributed by atoms with van der Waals surface area (Å²) >= 11 is 0. The summed E-state index contributed by atoms with van der Waals surface area (Å²) in [6.45, 7) is 7.53. The molecule has 0 amide bonds. The van der Waals surface area contributed by atoms with Crippen LogP contribution in [0.1, 0.15) is 43.7 Å². The van der Waals surface area contributed by atoms with Crippen LogP contribution in [-0.2, 0) is 5.41 Å². The third-order valence-electron chi connectivity index (χ3n) is 6.24. The topological polar surface area (TPSA) is 52.6 Å². The van der Waals surface area contributed by atoms with Gasteiger partial charge in [-0.3, -0.25) is 4.99 Å². The molecule has 1 aliphatic carbocycles. The van der Waals surface area contributed by atoms with E-state index in [9.17, 15) is 4.39 Å². The number of aliphatic imine (C=N–C) groups is 1. The van der Waals surface area contributed by atoms with Gasteiger partial charge in [0.1, 0.15) is 11.6 Å². The molecule has 2 fully saturated rings. The number of pyridine rings is 1. The Labute approximate surface area is 202 Å². The van der Waals surface area contributed by atoms with Crippen LogP contribution in [0.3, 0.4) is 0 Å². The molecule has 31 heavy (non-hydrogen) atoms. The van der Waals surface area contributed by atoms with Crippen molar-refractivity contribution in [1.29, 1.82) is 0 Å². The third kappa shape index (κ3) is 5.87. The summed E-state index contributed by atoms with van der Waals surface area (Å²) in [5.41, 5.74) is 1.86. The zero-order chi connectivity index (χ0) is 21.0. The maximum absolute atomic E-state index is 14.3. The second-order valence-electron chi connectivity index (χ2n) is 8.55. The Kier molecular flexibility index (Phi) is 8.13. The summed E-state index contributed by atoms with van der Waals surface area (Å²) in [7, 11) is 0. The number of halogens is 2. The smallest absolute Gasteiger partial charge is 0.191 e. The molecule has 1 aromatic heterocycles. The average molecular weight is 537 g/mol. The van der Waals surface area contributed by atoms with E-state index >= 15 is 0 Å². The Morgan fingerprint density at radius 2 is 1.94 bits per heavy atom. The first kappa shape index (κ1) is 23.8. The van der Waals surface area contributed by atoms with Gasteiger partial charge in [-0.15, -0.1) is 24.0 Å².